The van der Waals surface area contributed by atoms with Crippen molar-refractivity contribution >= 4 is 23.3 Å². The number of allylic oxidation sites excluding steroid dienone is 1. The second-order valence-corrected chi connectivity index (χ2v) is 5.91. The zero-order valence-corrected chi connectivity index (χ0v) is 14.2. The second-order valence-electron chi connectivity index (χ2n) is 5.50. The monoisotopic (exact) mass is 333 g/mol. The zero-order chi connectivity index (χ0) is 17.1. The van der Waals surface area contributed by atoms with Crippen molar-refractivity contribution in [3.8, 4) is 11.9 Å². The van der Waals surface area contributed by atoms with E-state index in [4.69, 9.17) is 11.6 Å². The largest absolute Gasteiger partial charge is 0.303 e. The first-order valence-electron chi connectivity index (χ1n) is 7.59. The Hall–Kier alpha value is -2.83. The van der Waals surface area contributed by atoms with Gasteiger partial charge in [-0.25, -0.2) is 4.98 Å². The lowest BCUT2D eigenvalue weighted by atomic mass is 10.0. The van der Waals surface area contributed by atoms with Gasteiger partial charge in [-0.1, -0.05) is 35.9 Å². The van der Waals surface area contributed by atoms with Gasteiger partial charge >= 0.3 is 0 Å². The highest BCUT2D eigenvalue weighted by Crippen LogP contribution is 2.28. The molecule has 3 rings (SSSR count). The van der Waals surface area contributed by atoms with Crippen LogP contribution in [0.5, 0.6) is 0 Å². The molecular formula is C20H16ClN3. The number of benzene rings is 1. The van der Waals surface area contributed by atoms with Crippen LogP contribution in [-0.2, 0) is 0 Å². The third kappa shape index (κ3) is 2.97. The molecule has 24 heavy (non-hydrogen) atoms. The fourth-order valence-electron chi connectivity index (χ4n) is 2.78. The molecule has 0 spiro atoms. The number of halogens is 1. The van der Waals surface area contributed by atoms with Gasteiger partial charge in [-0.2, -0.15) is 5.26 Å². The third-order valence-corrected chi connectivity index (χ3v) is 4.26. The van der Waals surface area contributed by atoms with E-state index < -0.39 is 0 Å². The molecule has 0 fully saturated rings. The van der Waals surface area contributed by atoms with Crippen molar-refractivity contribution in [3.63, 3.8) is 0 Å². The number of hydrogen-bond acceptors (Lipinski definition) is 2. The number of pyridine rings is 1. The molecule has 2 aromatic heterocycles. The summed E-state index contributed by atoms with van der Waals surface area (Å²) in [4.78, 5) is 4.41. The Bertz CT molecular complexity index is 947. The molecular weight excluding hydrogens is 318 g/mol. The Morgan fingerprint density at radius 1 is 1.17 bits per heavy atom. The average Bonchev–Trinajstić information content (AvgIpc) is 2.88. The van der Waals surface area contributed by atoms with E-state index in [0.29, 0.717) is 10.6 Å². The summed E-state index contributed by atoms with van der Waals surface area (Å²) in [5, 5.41) is 10.1. The molecule has 0 aliphatic rings. The molecule has 3 aromatic rings. The van der Waals surface area contributed by atoms with Crippen molar-refractivity contribution in [1.82, 2.24) is 9.55 Å². The van der Waals surface area contributed by atoms with Gasteiger partial charge < -0.3 is 4.57 Å². The molecule has 4 heteroatoms. The van der Waals surface area contributed by atoms with Crippen LogP contribution in [0.15, 0.2) is 54.7 Å². The van der Waals surface area contributed by atoms with E-state index in [9.17, 15) is 5.26 Å². The summed E-state index contributed by atoms with van der Waals surface area (Å²) in [5.74, 6) is 0.864. The maximum atomic E-state index is 9.55. The molecule has 0 aliphatic heterocycles. The van der Waals surface area contributed by atoms with E-state index in [1.54, 1.807) is 12.3 Å². The van der Waals surface area contributed by atoms with Gasteiger partial charge in [0.05, 0.1) is 11.6 Å². The molecule has 118 valence electrons. The highest BCUT2D eigenvalue weighted by atomic mass is 35.5. The molecule has 0 saturated heterocycles. The molecule has 0 amide bonds. The molecule has 2 heterocycles. The third-order valence-electron chi connectivity index (χ3n) is 3.93. The van der Waals surface area contributed by atoms with Crippen LogP contribution < -0.4 is 0 Å². The first kappa shape index (κ1) is 16.0. The lowest BCUT2D eigenvalue weighted by Gasteiger charge is -2.08. The number of aryl methyl sites for hydroxylation is 1. The molecule has 3 nitrogen and oxygen atoms in total. The molecule has 0 unspecified atom stereocenters. The van der Waals surface area contributed by atoms with Gasteiger partial charge in [-0.15, -0.1) is 0 Å². The summed E-state index contributed by atoms with van der Waals surface area (Å²) in [6.45, 7) is 4.05. The van der Waals surface area contributed by atoms with E-state index in [2.05, 4.69) is 21.7 Å². The second kappa shape index (κ2) is 6.74. The maximum absolute atomic E-state index is 9.55. The average molecular weight is 334 g/mol. The molecule has 0 N–H and O–H groups in total. The number of aromatic nitrogens is 2. The predicted molar refractivity (Wildman–Crippen MR) is 98.0 cm³/mol. The van der Waals surface area contributed by atoms with E-state index in [1.165, 1.54) is 0 Å². The minimum atomic E-state index is 0.543. The quantitative estimate of drug-likeness (QED) is 0.617. The van der Waals surface area contributed by atoms with Gasteiger partial charge in [0.15, 0.2) is 0 Å². The van der Waals surface area contributed by atoms with Gasteiger partial charge in [0.25, 0.3) is 0 Å². The van der Waals surface area contributed by atoms with Crippen LogP contribution in [0.3, 0.4) is 0 Å². The van der Waals surface area contributed by atoms with Crippen molar-refractivity contribution in [3.05, 3.63) is 82.3 Å². The lowest BCUT2D eigenvalue weighted by molar-refractivity contribution is 0.921. The molecule has 0 saturated carbocycles. The van der Waals surface area contributed by atoms with Crippen molar-refractivity contribution in [1.29, 1.82) is 5.26 Å². The summed E-state index contributed by atoms with van der Waals surface area (Å²) in [6.07, 6.45) is 3.65. The summed E-state index contributed by atoms with van der Waals surface area (Å²) in [5.41, 5.74) is 4.36. The standard InChI is InChI=1S/C20H16ClN3/c1-14-11-16(15(2)24(14)20-9-5-6-10-23-20)12-17(13-22)18-7-3-4-8-19(18)21/h3-12H,1-2H3. The van der Waals surface area contributed by atoms with Crippen LogP contribution in [0.1, 0.15) is 22.5 Å². The van der Waals surface area contributed by atoms with E-state index in [1.807, 2.05) is 56.3 Å². The van der Waals surface area contributed by atoms with Gasteiger partial charge in [-0.05, 0) is 49.8 Å². The van der Waals surface area contributed by atoms with Gasteiger partial charge in [0, 0.05) is 28.2 Å². The number of nitrogens with zero attached hydrogens (tertiary/aromatic N) is 3. The van der Waals surface area contributed by atoms with Crippen molar-refractivity contribution in [2.45, 2.75) is 13.8 Å². The van der Waals surface area contributed by atoms with Crippen molar-refractivity contribution < 1.29 is 0 Å². The highest BCUT2D eigenvalue weighted by molar-refractivity contribution is 6.32. The van der Waals surface area contributed by atoms with Crippen molar-refractivity contribution in [2.75, 3.05) is 0 Å². The predicted octanol–water partition coefficient (Wildman–Crippen LogP) is 5.21. The topological polar surface area (TPSA) is 41.6 Å². The van der Waals surface area contributed by atoms with Crippen LogP contribution in [0, 0.1) is 25.2 Å². The molecule has 0 atom stereocenters. The summed E-state index contributed by atoms with van der Waals surface area (Å²) < 4.78 is 2.08. The molecule has 0 radical (unpaired) electrons. The molecule has 1 aromatic carbocycles. The normalized spacial score (nSPS) is 11.3. The van der Waals surface area contributed by atoms with Gasteiger partial charge in [-0.3, -0.25) is 0 Å². The van der Waals surface area contributed by atoms with E-state index >= 15 is 0 Å². The summed E-state index contributed by atoms with van der Waals surface area (Å²) in [7, 11) is 0. The minimum absolute atomic E-state index is 0.543. The Morgan fingerprint density at radius 2 is 1.92 bits per heavy atom. The van der Waals surface area contributed by atoms with Crippen LogP contribution in [0.4, 0.5) is 0 Å². The van der Waals surface area contributed by atoms with Crippen LogP contribution >= 0.6 is 11.6 Å². The first-order chi connectivity index (χ1) is 11.6. The maximum Gasteiger partial charge on any atom is 0.136 e. The summed E-state index contributed by atoms with van der Waals surface area (Å²) >= 11 is 6.23. The number of rotatable bonds is 3. The molecule has 0 aliphatic carbocycles. The van der Waals surface area contributed by atoms with Crippen LogP contribution in [0.2, 0.25) is 5.02 Å². The van der Waals surface area contributed by atoms with E-state index in [0.717, 1.165) is 28.3 Å². The van der Waals surface area contributed by atoms with Crippen molar-refractivity contribution in [2.24, 2.45) is 0 Å². The smallest absolute Gasteiger partial charge is 0.136 e. The molecule has 0 bridgehead atoms. The van der Waals surface area contributed by atoms with E-state index in [-0.39, 0.29) is 0 Å². The fraction of sp³-hybridized carbons (Fsp3) is 0.100. The van der Waals surface area contributed by atoms with Gasteiger partial charge in [0.1, 0.15) is 5.82 Å². The van der Waals surface area contributed by atoms with Crippen LogP contribution in [0.25, 0.3) is 17.5 Å². The Kier molecular flexibility index (Phi) is 4.50. The Labute approximate surface area is 146 Å². The number of hydrogen-bond donors (Lipinski definition) is 0. The Balaban J connectivity index is 2.11. The van der Waals surface area contributed by atoms with Crippen LogP contribution in [-0.4, -0.2) is 9.55 Å². The fourth-order valence-corrected chi connectivity index (χ4v) is 3.02. The first-order valence-corrected chi connectivity index (χ1v) is 7.96. The SMILES string of the molecule is Cc1cc(C=C(C#N)c2ccccc2Cl)c(C)n1-c1ccccn1. The summed E-state index contributed by atoms with van der Waals surface area (Å²) in [6, 6.07) is 17.5. The Morgan fingerprint density at radius 3 is 2.58 bits per heavy atom. The number of nitriles is 1. The lowest BCUT2D eigenvalue weighted by Crippen LogP contribution is -2.01. The minimum Gasteiger partial charge on any atom is -0.303 e. The highest BCUT2D eigenvalue weighted by Gasteiger charge is 2.12. The van der Waals surface area contributed by atoms with Gasteiger partial charge in [0.2, 0.25) is 0 Å². The zero-order valence-electron chi connectivity index (χ0n) is 13.5.